The molecule has 0 spiro atoms. The average molecular weight is 274 g/mol. The molecule has 2 aliphatic heterocycles. The average Bonchev–Trinajstić information content (AvgIpc) is 2.51. The monoisotopic (exact) mass is 274 g/mol. The van der Waals surface area contributed by atoms with Gasteiger partial charge in [-0.3, -0.25) is 0 Å². The van der Waals surface area contributed by atoms with Gasteiger partial charge in [-0.1, -0.05) is 13.8 Å². The highest BCUT2D eigenvalue weighted by Crippen LogP contribution is 2.10. The van der Waals surface area contributed by atoms with Crippen molar-refractivity contribution >= 4 is 0 Å². The Kier molecular flexibility index (Phi) is 12.7. The molecule has 0 saturated carbocycles. The molecule has 2 rings (SSSR count). The minimum absolute atomic E-state index is 0.712. The summed E-state index contributed by atoms with van der Waals surface area (Å²) < 4.78 is 10.4. The Hall–Kier alpha value is -0.160. The summed E-state index contributed by atoms with van der Waals surface area (Å²) in [5.41, 5.74) is 0. The second-order valence-electron chi connectivity index (χ2n) is 4.98. The van der Waals surface area contributed by atoms with Crippen molar-refractivity contribution in [2.75, 3.05) is 47.6 Å². The predicted octanol–water partition coefficient (Wildman–Crippen LogP) is 2.14. The van der Waals surface area contributed by atoms with Crippen LogP contribution in [0.25, 0.3) is 0 Å². The fourth-order valence-electron chi connectivity index (χ4n) is 2.19. The van der Waals surface area contributed by atoms with Crippen molar-refractivity contribution in [1.29, 1.82) is 0 Å². The van der Waals surface area contributed by atoms with Gasteiger partial charge >= 0.3 is 0 Å². The number of ether oxygens (including phenoxy) is 2. The fraction of sp³-hybridized carbons (Fsp3) is 1.00. The molecule has 19 heavy (non-hydrogen) atoms. The molecule has 0 amide bonds. The van der Waals surface area contributed by atoms with Crippen LogP contribution in [-0.4, -0.2) is 64.6 Å². The van der Waals surface area contributed by atoms with Gasteiger partial charge in [0.15, 0.2) is 0 Å². The van der Waals surface area contributed by atoms with Crippen LogP contribution in [0, 0.1) is 0 Å². The zero-order valence-electron chi connectivity index (χ0n) is 13.6. The second kappa shape index (κ2) is 12.9. The first-order valence-electron chi connectivity index (χ1n) is 7.73. The minimum atomic E-state index is 0.712. The van der Waals surface area contributed by atoms with Crippen LogP contribution < -0.4 is 5.32 Å². The number of hydrogen-bond donors (Lipinski definition) is 1. The largest absolute Gasteiger partial charge is 0.381 e. The lowest BCUT2D eigenvalue weighted by molar-refractivity contribution is 0.0506. The molecule has 0 aromatic carbocycles. The van der Waals surface area contributed by atoms with E-state index in [1.165, 1.54) is 25.7 Å². The van der Waals surface area contributed by atoms with Crippen molar-refractivity contribution in [3.05, 3.63) is 0 Å². The van der Waals surface area contributed by atoms with Crippen LogP contribution in [0.4, 0.5) is 0 Å². The van der Waals surface area contributed by atoms with E-state index in [1.807, 2.05) is 20.9 Å². The Morgan fingerprint density at radius 2 is 1.26 bits per heavy atom. The van der Waals surface area contributed by atoms with E-state index < -0.39 is 0 Å². The Labute approximate surface area is 119 Å². The lowest BCUT2D eigenvalue weighted by atomic mass is 10.1. The summed E-state index contributed by atoms with van der Waals surface area (Å²) in [5, 5.41) is 3.22. The number of rotatable bonds is 2. The molecule has 1 N–H and O–H groups in total. The molecule has 0 unspecified atom stereocenters. The van der Waals surface area contributed by atoms with Gasteiger partial charge < -0.3 is 19.7 Å². The summed E-state index contributed by atoms with van der Waals surface area (Å²) in [7, 11) is 6.28. The summed E-state index contributed by atoms with van der Waals surface area (Å²) in [5.74, 6) is 0. The van der Waals surface area contributed by atoms with Gasteiger partial charge in [-0.05, 0) is 46.8 Å². The molecule has 2 saturated heterocycles. The van der Waals surface area contributed by atoms with Gasteiger partial charge in [-0.25, -0.2) is 0 Å². The van der Waals surface area contributed by atoms with Crippen LogP contribution >= 0.6 is 0 Å². The molecule has 0 radical (unpaired) electrons. The van der Waals surface area contributed by atoms with Gasteiger partial charge in [0.2, 0.25) is 0 Å². The molecule has 0 atom stereocenters. The van der Waals surface area contributed by atoms with Crippen molar-refractivity contribution in [2.45, 2.75) is 51.6 Å². The van der Waals surface area contributed by atoms with Crippen LogP contribution in [0.3, 0.4) is 0 Å². The summed E-state index contributed by atoms with van der Waals surface area (Å²) in [4.78, 5) is 2.28. The van der Waals surface area contributed by atoms with E-state index in [1.54, 1.807) is 0 Å². The van der Waals surface area contributed by atoms with Gasteiger partial charge in [0.05, 0.1) is 0 Å². The number of hydrogen-bond acceptors (Lipinski definition) is 4. The van der Waals surface area contributed by atoms with E-state index in [4.69, 9.17) is 9.47 Å². The number of nitrogens with one attached hydrogen (secondary N) is 1. The Bertz CT molecular complexity index is 177. The van der Waals surface area contributed by atoms with Crippen molar-refractivity contribution in [3.63, 3.8) is 0 Å². The van der Waals surface area contributed by atoms with Crippen LogP contribution in [0.2, 0.25) is 0 Å². The predicted molar refractivity (Wildman–Crippen MR) is 81.8 cm³/mol. The maximum atomic E-state index is 5.22. The Balaban J connectivity index is 0.000000303. The van der Waals surface area contributed by atoms with E-state index in [0.29, 0.717) is 6.04 Å². The number of nitrogens with zero attached hydrogens (tertiary/aromatic N) is 1. The van der Waals surface area contributed by atoms with E-state index >= 15 is 0 Å². The van der Waals surface area contributed by atoms with Crippen LogP contribution in [-0.2, 0) is 9.47 Å². The summed E-state index contributed by atoms with van der Waals surface area (Å²) in [6, 6.07) is 1.47. The first-order valence-corrected chi connectivity index (χ1v) is 7.73. The van der Waals surface area contributed by atoms with Crippen LogP contribution in [0.5, 0.6) is 0 Å². The van der Waals surface area contributed by atoms with Crippen LogP contribution in [0.15, 0.2) is 0 Å². The van der Waals surface area contributed by atoms with Crippen molar-refractivity contribution in [1.82, 2.24) is 10.2 Å². The first-order chi connectivity index (χ1) is 9.24. The highest BCUT2D eigenvalue weighted by Gasteiger charge is 2.14. The molecule has 0 aromatic heterocycles. The molecule has 2 aliphatic rings. The fourth-order valence-corrected chi connectivity index (χ4v) is 2.19. The smallest absolute Gasteiger partial charge is 0.0480 e. The molecule has 0 aromatic rings. The van der Waals surface area contributed by atoms with E-state index in [-0.39, 0.29) is 0 Å². The molecule has 116 valence electrons. The zero-order valence-corrected chi connectivity index (χ0v) is 13.6. The van der Waals surface area contributed by atoms with Gasteiger partial charge in [0, 0.05) is 38.5 Å². The van der Waals surface area contributed by atoms with Gasteiger partial charge in [-0.15, -0.1) is 0 Å². The molecule has 2 heterocycles. The van der Waals surface area contributed by atoms with Gasteiger partial charge in [0.1, 0.15) is 0 Å². The van der Waals surface area contributed by atoms with Crippen molar-refractivity contribution < 1.29 is 9.47 Å². The Morgan fingerprint density at radius 3 is 1.53 bits per heavy atom. The van der Waals surface area contributed by atoms with Crippen molar-refractivity contribution in [3.8, 4) is 0 Å². The lowest BCUT2D eigenvalue weighted by Gasteiger charge is -2.27. The molecule has 4 nitrogen and oxygen atoms in total. The molecule has 2 fully saturated rings. The third kappa shape index (κ3) is 9.38. The topological polar surface area (TPSA) is 33.7 Å². The highest BCUT2D eigenvalue weighted by atomic mass is 16.5. The quantitative estimate of drug-likeness (QED) is 0.836. The molecule has 0 aliphatic carbocycles. The van der Waals surface area contributed by atoms with E-state index in [0.717, 1.165) is 32.5 Å². The molecule has 4 heteroatoms. The Morgan fingerprint density at radius 1 is 0.842 bits per heavy atom. The minimum Gasteiger partial charge on any atom is -0.381 e. The summed E-state index contributed by atoms with van der Waals surface area (Å²) >= 11 is 0. The SMILES string of the molecule is CC.CN(C)C1CCOCC1.CNC1CCOCC1. The normalized spacial score (nSPS) is 21.2. The lowest BCUT2D eigenvalue weighted by Crippen LogP contribution is -2.33. The maximum absolute atomic E-state index is 5.22. The van der Waals surface area contributed by atoms with Crippen molar-refractivity contribution in [2.24, 2.45) is 0 Å². The van der Waals surface area contributed by atoms with Crippen LogP contribution in [0.1, 0.15) is 39.5 Å². The molecular formula is C15H34N2O2. The standard InChI is InChI=1S/C7H15NO.C6H13NO.C2H6/c1-8(2)7-3-5-9-6-4-7;1-7-6-2-4-8-5-3-6;1-2/h7H,3-6H2,1-2H3;6-7H,2-5H2,1H3;1-2H3. The maximum Gasteiger partial charge on any atom is 0.0480 e. The first kappa shape index (κ1) is 18.8. The third-order valence-electron chi connectivity index (χ3n) is 3.55. The molecular weight excluding hydrogens is 240 g/mol. The van der Waals surface area contributed by atoms with E-state index in [2.05, 4.69) is 24.3 Å². The highest BCUT2D eigenvalue weighted by molar-refractivity contribution is 4.68. The van der Waals surface area contributed by atoms with Gasteiger partial charge in [-0.2, -0.15) is 0 Å². The second-order valence-corrected chi connectivity index (χ2v) is 4.98. The zero-order chi connectivity index (χ0) is 14.5. The van der Waals surface area contributed by atoms with E-state index in [9.17, 15) is 0 Å². The third-order valence-corrected chi connectivity index (χ3v) is 3.55. The molecule has 0 bridgehead atoms. The van der Waals surface area contributed by atoms with Gasteiger partial charge in [0.25, 0.3) is 0 Å². The summed E-state index contributed by atoms with van der Waals surface area (Å²) in [6.45, 7) is 7.77. The summed E-state index contributed by atoms with van der Waals surface area (Å²) in [6.07, 6.45) is 4.76.